The third kappa shape index (κ3) is 5.15. The second-order valence-electron chi connectivity index (χ2n) is 10.6. The maximum Gasteiger partial charge on any atom is 0.319 e. The fourth-order valence-corrected chi connectivity index (χ4v) is 5.39. The highest BCUT2D eigenvalue weighted by molar-refractivity contribution is 6.35. The van der Waals surface area contributed by atoms with E-state index in [1.165, 1.54) is 0 Å². The quantitative estimate of drug-likeness (QED) is 0.324. The molecule has 2 aromatic carbocycles. The van der Waals surface area contributed by atoms with Crippen molar-refractivity contribution in [3.63, 3.8) is 0 Å². The third-order valence-electron chi connectivity index (χ3n) is 7.46. The van der Waals surface area contributed by atoms with Gasteiger partial charge in [0.15, 0.2) is 5.82 Å². The number of H-pyrrole nitrogens is 1. The van der Waals surface area contributed by atoms with Crippen molar-refractivity contribution in [3.05, 3.63) is 40.8 Å². The molecule has 1 saturated heterocycles. The van der Waals surface area contributed by atoms with Gasteiger partial charge < -0.3 is 19.9 Å². The molecule has 4 aromatic rings. The van der Waals surface area contributed by atoms with Gasteiger partial charge in [0.1, 0.15) is 11.3 Å². The molecule has 202 valence electrons. The first-order valence-electron chi connectivity index (χ1n) is 13.1. The number of nitrogens with one attached hydrogen (secondary N) is 2. The predicted molar refractivity (Wildman–Crippen MR) is 152 cm³/mol. The summed E-state index contributed by atoms with van der Waals surface area (Å²) in [6, 6.07) is 6.26. The van der Waals surface area contributed by atoms with Gasteiger partial charge in [0, 0.05) is 54.1 Å². The van der Waals surface area contributed by atoms with Gasteiger partial charge in [0.05, 0.1) is 23.3 Å². The van der Waals surface area contributed by atoms with E-state index < -0.39 is 5.82 Å². The predicted octanol–water partition coefficient (Wildman–Crippen LogP) is 5.04. The molecule has 10 heteroatoms. The fraction of sp³-hybridized carbons (Fsp3) is 0.464. The van der Waals surface area contributed by atoms with Crippen LogP contribution in [-0.4, -0.2) is 78.0 Å². The van der Waals surface area contributed by atoms with Crippen LogP contribution in [0.25, 0.3) is 32.9 Å². The monoisotopic (exact) mass is 539 g/mol. The van der Waals surface area contributed by atoms with Crippen LogP contribution < -0.4 is 15.0 Å². The first-order valence-corrected chi connectivity index (χ1v) is 13.5. The summed E-state index contributed by atoms with van der Waals surface area (Å²) in [6.07, 6.45) is 2.67. The lowest BCUT2D eigenvalue weighted by Crippen LogP contribution is -2.44. The van der Waals surface area contributed by atoms with Crippen LogP contribution in [0.5, 0.6) is 6.01 Å². The Kier molecular flexibility index (Phi) is 7.70. The molecule has 3 heterocycles. The average molecular weight is 540 g/mol. The first-order chi connectivity index (χ1) is 18.2. The number of nitrogens with zero attached hydrogens (tertiary/aromatic N) is 5. The van der Waals surface area contributed by atoms with Crippen LogP contribution in [0.2, 0.25) is 5.02 Å². The van der Waals surface area contributed by atoms with E-state index in [9.17, 15) is 0 Å². The number of aromatic amines is 1. The Morgan fingerprint density at radius 1 is 1.13 bits per heavy atom. The van der Waals surface area contributed by atoms with Crippen molar-refractivity contribution in [1.82, 2.24) is 30.4 Å². The van der Waals surface area contributed by atoms with E-state index in [1.807, 2.05) is 19.1 Å². The van der Waals surface area contributed by atoms with E-state index in [1.54, 1.807) is 12.3 Å². The molecule has 8 nitrogen and oxygen atoms in total. The SMILES string of the molecule is Cc1ccc2[nH]ncc2c1-c1c(Cl)cc2c(N3CCNCC3)nc(OCC(C)CC(C)N(C)C)nc2c1F. The van der Waals surface area contributed by atoms with E-state index in [4.69, 9.17) is 21.3 Å². The van der Waals surface area contributed by atoms with Gasteiger partial charge in [-0.3, -0.25) is 5.10 Å². The second kappa shape index (κ2) is 11.0. The van der Waals surface area contributed by atoms with Crippen molar-refractivity contribution in [1.29, 1.82) is 0 Å². The molecule has 2 atom stereocenters. The zero-order valence-electron chi connectivity index (χ0n) is 22.6. The summed E-state index contributed by atoms with van der Waals surface area (Å²) in [7, 11) is 4.14. The maximum absolute atomic E-state index is 16.5. The molecule has 0 saturated carbocycles. The molecular weight excluding hydrogens is 505 g/mol. The van der Waals surface area contributed by atoms with Crippen molar-refractivity contribution in [2.75, 3.05) is 51.8 Å². The zero-order chi connectivity index (χ0) is 27.0. The summed E-state index contributed by atoms with van der Waals surface area (Å²) in [6.45, 7) is 9.85. The van der Waals surface area contributed by atoms with Gasteiger partial charge in [0.2, 0.25) is 0 Å². The number of halogens is 2. The molecule has 0 amide bonds. The molecule has 0 aliphatic carbocycles. The minimum absolute atomic E-state index is 0.181. The molecule has 2 N–H and O–H groups in total. The normalized spacial score (nSPS) is 15.9. The Morgan fingerprint density at radius 3 is 2.63 bits per heavy atom. The number of hydrogen-bond donors (Lipinski definition) is 2. The highest BCUT2D eigenvalue weighted by Gasteiger charge is 2.25. The largest absolute Gasteiger partial charge is 0.463 e. The number of anilines is 1. The van der Waals surface area contributed by atoms with Gasteiger partial charge in [-0.25, -0.2) is 4.39 Å². The molecule has 1 aliphatic heterocycles. The van der Waals surface area contributed by atoms with Crippen molar-refractivity contribution in [2.24, 2.45) is 5.92 Å². The third-order valence-corrected chi connectivity index (χ3v) is 7.76. The summed E-state index contributed by atoms with van der Waals surface area (Å²) < 4.78 is 22.6. The summed E-state index contributed by atoms with van der Waals surface area (Å²) in [5, 5.41) is 12.2. The number of rotatable bonds is 8. The maximum atomic E-state index is 16.5. The molecule has 0 bridgehead atoms. The molecule has 5 rings (SSSR count). The van der Waals surface area contributed by atoms with E-state index >= 15 is 4.39 Å². The molecule has 38 heavy (non-hydrogen) atoms. The minimum Gasteiger partial charge on any atom is -0.463 e. The van der Waals surface area contributed by atoms with Crippen LogP contribution >= 0.6 is 11.6 Å². The van der Waals surface area contributed by atoms with Crippen LogP contribution in [0.1, 0.15) is 25.8 Å². The highest BCUT2D eigenvalue weighted by Crippen LogP contribution is 2.42. The lowest BCUT2D eigenvalue weighted by atomic mass is 9.95. The van der Waals surface area contributed by atoms with Crippen molar-refractivity contribution in [3.8, 4) is 17.1 Å². The lowest BCUT2D eigenvalue weighted by molar-refractivity contribution is 0.197. The Bertz CT molecular complexity index is 1450. The number of ether oxygens (including phenoxy) is 1. The lowest BCUT2D eigenvalue weighted by Gasteiger charge is -2.29. The Labute approximate surface area is 227 Å². The van der Waals surface area contributed by atoms with Crippen LogP contribution in [0, 0.1) is 18.7 Å². The number of fused-ring (bicyclic) bond motifs is 2. The van der Waals surface area contributed by atoms with E-state index in [-0.39, 0.29) is 17.4 Å². The van der Waals surface area contributed by atoms with Gasteiger partial charge >= 0.3 is 6.01 Å². The van der Waals surface area contributed by atoms with Crippen LogP contribution in [0.15, 0.2) is 24.4 Å². The van der Waals surface area contributed by atoms with Gasteiger partial charge in [-0.1, -0.05) is 24.6 Å². The Hall–Kier alpha value is -3.01. The topological polar surface area (TPSA) is 82.2 Å². The van der Waals surface area contributed by atoms with Crippen LogP contribution in [-0.2, 0) is 0 Å². The second-order valence-corrected chi connectivity index (χ2v) is 11.0. The summed E-state index contributed by atoms with van der Waals surface area (Å²) in [5.74, 6) is 0.440. The van der Waals surface area contributed by atoms with E-state index in [2.05, 4.69) is 58.2 Å². The highest BCUT2D eigenvalue weighted by atomic mass is 35.5. The fourth-order valence-electron chi connectivity index (χ4n) is 5.11. The summed E-state index contributed by atoms with van der Waals surface area (Å²) in [5.41, 5.74) is 2.94. The Balaban J connectivity index is 1.61. The number of hydrogen-bond acceptors (Lipinski definition) is 7. The molecule has 2 aromatic heterocycles. The first kappa shape index (κ1) is 26.6. The zero-order valence-corrected chi connectivity index (χ0v) is 23.4. The number of aryl methyl sites for hydroxylation is 1. The molecule has 2 unspecified atom stereocenters. The molecular formula is C28H35ClFN7O. The van der Waals surface area contributed by atoms with Gasteiger partial charge in [-0.2, -0.15) is 15.1 Å². The molecule has 0 radical (unpaired) electrons. The average Bonchev–Trinajstić information content (AvgIpc) is 3.38. The smallest absolute Gasteiger partial charge is 0.319 e. The molecule has 1 aliphatic rings. The van der Waals surface area contributed by atoms with E-state index in [0.29, 0.717) is 40.0 Å². The van der Waals surface area contributed by atoms with Crippen LogP contribution in [0.4, 0.5) is 10.2 Å². The summed E-state index contributed by atoms with van der Waals surface area (Å²) >= 11 is 6.82. The van der Waals surface area contributed by atoms with Gasteiger partial charge in [-0.15, -0.1) is 0 Å². The number of benzene rings is 2. The van der Waals surface area contributed by atoms with Gasteiger partial charge in [-0.05, 0) is 58.0 Å². The van der Waals surface area contributed by atoms with Crippen molar-refractivity contribution >= 4 is 39.2 Å². The van der Waals surface area contributed by atoms with Crippen molar-refractivity contribution in [2.45, 2.75) is 33.2 Å². The Morgan fingerprint density at radius 2 is 1.89 bits per heavy atom. The van der Waals surface area contributed by atoms with Crippen molar-refractivity contribution < 1.29 is 9.13 Å². The van der Waals surface area contributed by atoms with Crippen LogP contribution in [0.3, 0.4) is 0 Å². The van der Waals surface area contributed by atoms with E-state index in [0.717, 1.165) is 49.1 Å². The standard InChI is InChI=1S/C28H35ClFN7O/c1-16(12-18(3)36(4)5)15-38-28-33-26-19(27(34-28)37-10-8-31-9-11-37)13-21(29)24(25(26)30)23-17(2)6-7-22-20(23)14-32-35-22/h6-7,13-14,16,18,31H,8-12,15H2,1-5H3,(H,32,35). The van der Waals surface area contributed by atoms with Gasteiger partial charge in [0.25, 0.3) is 0 Å². The minimum atomic E-state index is -0.484. The number of aromatic nitrogens is 4. The summed E-state index contributed by atoms with van der Waals surface area (Å²) in [4.78, 5) is 13.7. The molecule has 1 fully saturated rings. The molecule has 0 spiro atoms. The number of piperazine rings is 1.